The summed E-state index contributed by atoms with van der Waals surface area (Å²) >= 11 is 0. The first-order valence-electron chi connectivity index (χ1n) is 7.26. The molecule has 0 spiro atoms. The van der Waals surface area contributed by atoms with Crippen LogP contribution in [0.2, 0.25) is 0 Å². The summed E-state index contributed by atoms with van der Waals surface area (Å²) in [6.45, 7) is 2.97. The highest BCUT2D eigenvalue weighted by Crippen LogP contribution is 2.26. The molecular formula is C14H22Cl2N6O. The standard InChI is InChI=1S/C14H20N6O.2ClH/c21-13(17-8-11-19-10-7-16-12-19)14(2-5-15-6-3-14)20-9-1-4-18-20;;/h1,4,7,9-10,12,15H,2-3,5-6,8,11H2,(H,17,21);2*1H. The van der Waals surface area contributed by atoms with Crippen molar-refractivity contribution in [2.75, 3.05) is 19.6 Å². The van der Waals surface area contributed by atoms with Crippen LogP contribution < -0.4 is 10.6 Å². The largest absolute Gasteiger partial charge is 0.352 e. The third kappa shape index (κ3) is 4.25. The summed E-state index contributed by atoms with van der Waals surface area (Å²) in [6, 6.07) is 1.86. The molecule has 3 heterocycles. The minimum absolute atomic E-state index is 0. The highest BCUT2D eigenvalue weighted by atomic mass is 35.5. The van der Waals surface area contributed by atoms with Crippen LogP contribution in [0.25, 0.3) is 0 Å². The third-order valence-corrected chi connectivity index (χ3v) is 4.01. The molecule has 0 atom stereocenters. The van der Waals surface area contributed by atoms with Crippen molar-refractivity contribution in [3.05, 3.63) is 37.2 Å². The molecule has 3 rings (SSSR count). The second-order valence-corrected chi connectivity index (χ2v) is 5.29. The molecule has 2 aromatic heterocycles. The van der Waals surface area contributed by atoms with E-state index in [1.807, 2.05) is 23.0 Å². The number of aromatic nitrogens is 4. The quantitative estimate of drug-likeness (QED) is 0.827. The second-order valence-electron chi connectivity index (χ2n) is 5.29. The van der Waals surface area contributed by atoms with E-state index in [0.29, 0.717) is 6.54 Å². The zero-order valence-electron chi connectivity index (χ0n) is 12.7. The van der Waals surface area contributed by atoms with Gasteiger partial charge in [0, 0.05) is 37.9 Å². The van der Waals surface area contributed by atoms with E-state index in [-0.39, 0.29) is 30.7 Å². The Bertz CT molecular complexity index is 566. The molecule has 0 saturated carbocycles. The lowest BCUT2D eigenvalue weighted by Crippen LogP contribution is -2.55. The van der Waals surface area contributed by atoms with E-state index in [1.165, 1.54) is 0 Å². The van der Waals surface area contributed by atoms with Gasteiger partial charge in [-0.3, -0.25) is 9.48 Å². The number of piperidine rings is 1. The number of carbonyl (C=O) groups excluding carboxylic acids is 1. The molecule has 1 aliphatic heterocycles. The molecule has 0 radical (unpaired) electrons. The van der Waals surface area contributed by atoms with Gasteiger partial charge in [-0.1, -0.05) is 0 Å². The van der Waals surface area contributed by atoms with Crippen molar-refractivity contribution in [2.45, 2.75) is 24.9 Å². The molecule has 1 saturated heterocycles. The van der Waals surface area contributed by atoms with E-state index in [0.717, 1.165) is 32.5 Å². The third-order valence-electron chi connectivity index (χ3n) is 4.01. The van der Waals surface area contributed by atoms with E-state index in [1.54, 1.807) is 23.4 Å². The van der Waals surface area contributed by atoms with Crippen LogP contribution in [-0.4, -0.2) is 44.9 Å². The fraction of sp³-hybridized carbons (Fsp3) is 0.500. The average Bonchev–Trinajstić information content (AvgIpc) is 3.21. The van der Waals surface area contributed by atoms with Crippen molar-refractivity contribution in [3.63, 3.8) is 0 Å². The fourth-order valence-corrected chi connectivity index (χ4v) is 2.80. The van der Waals surface area contributed by atoms with Gasteiger partial charge in [0.1, 0.15) is 5.54 Å². The Morgan fingerprint density at radius 1 is 1.22 bits per heavy atom. The predicted octanol–water partition coefficient (Wildman–Crippen LogP) is 0.818. The number of carbonyl (C=O) groups is 1. The molecule has 2 aromatic rings. The van der Waals surface area contributed by atoms with Crippen LogP contribution in [-0.2, 0) is 16.9 Å². The first-order valence-corrected chi connectivity index (χ1v) is 7.26. The number of imidazole rings is 1. The predicted molar refractivity (Wildman–Crippen MR) is 92.0 cm³/mol. The molecular weight excluding hydrogens is 339 g/mol. The smallest absolute Gasteiger partial charge is 0.248 e. The summed E-state index contributed by atoms with van der Waals surface area (Å²) in [5.41, 5.74) is -0.566. The average molecular weight is 361 g/mol. The topological polar surface area (TPSA) is 76.8 Å². The Kier molecular flexibility index (Phi) is 7.54. The summed E-state index contributed by atoms with van der Waals surface area (Å²) in [5.74, 6) is 0.0489. The van der Waals surface area contributed by atoms with Crippen LogP contribution in [0, 0.1) is 0 Å². The number of nitrogens with one attached hydrogen (secondary N) is 2. The normalized spacial score (nSPS) is 16.0. The number of hydrogen-bond donors (Lipinski definition) is 2. The zero-order chi connectivity index (χ0) is 14.5. The highest BCUT2D eigenvalue weighted by Gasteiger charge is 2.41. The molecule has 2 N–H and O–H groups in total. The van der Waals surface area contributed by atoms with E-state index in [4.69, 9.17) is 0 Å². The molecule has 0 aromatic carbocycles. The molecule has 1 amide bonds. The number of amides is 1. The van der Waals surface area contributed by atoms with Crippen molar-refractivity contribution >= 4 is 30.7 Å². The second kappa shape index (κ2) is 8.90. The first kappa shape index (κ1) is 19.5. The van der Waals surface area contributed by atoms with Gasteiger partial charge in [-0.2, -0.15) is 5.10 Å². The molecule has 7 nitrogen and oxygen atoms in total. The molecule has 1 aliphatic rings. The Hall–Kier alpha value is -1.57. The summed E-state index contributed by atoms with van der Waals surface area (Å²) in [4.78, 5) is 16.7. The Labute approximate surface area is 147 Å². The van der Waals surface area contributed by atoms with E-state index in [9.17, 15) is 4.79 Å². The van der Waals surface area contributed by atoms with Crippen LogP contribution in [0.4, 0.5) is 0 Å². The van der Waals surface area contributed by atoms with Crippen molar-refractivity contribution in [3.8, 4) is 0 Å². The van der Waals surface area contributed by atoms with Crippen LogP contribution in [0.5, 0.6) is 0 Å². The van der Waals surface area contributed by atoms with E-state index in [2.05, 4.69) is 20.7 Å². The van der Waals surface area contributed by atoms with Gasteiger partial charge in [-0.25, -0.2) is 4.98 Å². The number of nitrogens with zero attached hydrogens (tertiary/aromatic N) is 4. The van der Waals surface area contributed by atoms with Crippen LogP contribution in [0.1, 0.15) is 12.8 Å². The van der Waals surface area contributed by atoms with E-state index < -0.39 is 5.54 Å². The van der Waals surface area contributed by atoms with Gasteiger partial charge >= 0.3 is 0 Å². The van der Waals surface area contributed by atoms with Crippen molar-refractivity contribution < 1.29 is 4.79 Å². The molecule has 0 unspecified atom stereocenters. The monoisotopic (exact) mass is 360 g/mol. The molecule has 9 heteroatoms. The van der Waals surface area contributed by atoms with Crippen molar-refractivity contribution in [1.29, 1.82) is 0 Å². The zero-order valence-corrected chi connectivity index (χ0v) is 14.4. The Balaban J connectivity index is 0.00000132. The minimum atomic E-state index is -0.566. The summed E-state index contributed by atoms with van der Waals surface area (Å²) in [5, 5.41) is 10.6. The lowest BCUT2D eigenvalue weighted by atomic mass is 9.87. The first-order chi connectivity index (χ1) is 10.3. The van der Waals surface area contributed by atoms with Gasteiger partial charge in [0.25, 0.3) is 0 Å². The number of rotatable bonds is 5. The molecule has 128 valence electrons. The molecule has 0 aliphatic carbocycles. The maximum Gasteiger partial charge on any atom is 0.248 e. The fourth-order valence-electron chi connectivity index (χ4n) is 2.80. The lowest BCUT2D eigenvalue weighted by molar-refractivity contribution is -0.132. The van der Waals surface area contributed by atoms with Gasteiger partial charge in [0.2, 0.25) is 5.91 Å². The Morgan fingerprint density at radius 2 is 2.00 bits per heavy atom. The number of halogens is 2. The SMILES string of the molecule is Cl.Cl.O=C(NCCn1ccnc1)C1(n2cccn2)CCNCC1. The number of hydrogen-bond acceptors (Lipinski definition) is 4. The van der Waals surface area contributed by atoms with Gasteiger partial charge in [-0.05, 0) is 32.0 Å². The molecule has 1 fully saturated rings. The van der Waals surface area contributed by atoms with Crippen LogP contribution >= 0.6 is 24.8 Å². The van der Waals surface area contributed by atoms with Gasteiger partial charge in [-0.15, -0.1) is 24.8 Å². The molecule has 23 heavy (non-hydrogen) atoms. The summed E-state index contributed by atoms with van der Waals surface area (Å²) in [7, 11) is 0. The Morgan fingerprint density at radius 3 is 2.61 bits per heavy atom. The minimum Gasteiger partial charge on any atom is -0.352 e. The maximum absolute atomic E-state index is 12.7. The highest BCUT2D eigenvalue weighted by molar-refractivity contribution is 5.85. The van der Waals surface area contributed by atoms with Gasteiger partial charge in [0.15, 0.2) is 0 Å². The van der Waals surface area contributed by atoms with Gasteiger partial charge in [0.05, 0.1) is 6.33 Å². The lowest BCUT2D eigenvalue weighted by Gasteiger charge is -2.36. The van der Waals surface area contributed by atoms with E-state index >= 15 is 0 Å². The van der Waals surface area contributed by atoms with Crippen molar-refractivity contribution in [1.82, 2.24) is 30.0 Å². The molecule has 0 bridgehead atoms. The van der Waals surface area contributed by atoms with Crippen LogP contribution in [0.3, 0.4) is 0 Å². The maximum atomic E-state index is 12.7. The van der Waals surface area contributed by atoms with Crippen LogP contribution in [0.15, 0.2) is 37.2 Å². The van der Waals surface area contributed by atoms with Gasteiger partial charge < -0.3 is 15.2 Å². The summed E-state index contributed by atoms with van der Waals surface area (Å²) in [6.07, 6.45) is 10.5. The van der Waals surface area contributed by atoms with Crippen molar-refractivity contribution in [2.24, 2.45) is 0 Å². The summed E-state index contributed by atoms with van der Waals surface area (Å²) < 4.78 is 3.75.